The third-order valence-electron chi connectivity index (χ3n) is 4.13. The largest absolute Gasteiger partial charge is 0.479 e. The Morgan fingerprint density at radius 3 is 2.33 bits per heavy atom. The topological polar surface area (TPSA) is 128 Å². The fourth-order valence-electron chi connectivity index (χ4n) is 3.02. The zero-order valence-corrected chi connectivity index (χ0v) is 16.0. The van der Waals surface area contributed by atoms with Gasteiger partial charge in [-0.3, -0.25) is 0 Å². The Morgan fingerprint density at radius 2 is 1.78 bits per heavy atom. The van der Waals surface area contributed by atoms with E-state index >= 15 is 0 Å². The fourth-order valence-corrected chi connectivity index (χ4v) is 3.02. The van der Waals surface area contributed by atoms with Gasteiger partial charge in [-0.15, -0.1) is 0 Å². The molecular weight excluding hydrogens is 354 g/mol. The van der Waals surface area contributed by atoms with E-state index < -0.39 is 36.7 Å². The normalized spacial score (nSPS) is 28.4. The molecule has 5 atom stereocenters. The molecule has 0 aliphatic carbocycles. The summed E-state index contributed by atoms with van der Waals surface area (Å²) in [5, 5.41) is 42.2. The molecule has 1 aliphatic rings. The number of carboxylic acid groups (broad SMARTS) is 1. The number of rotatable bonds is 7. The monoisotopic (exact) mass is 383 g/mol. The number of hydrogen-bond acceptors (Lipinski definition) is 7. The highest BCUT2D eigenvalue weighted by molar-refractivity contribution is 5.73. The van der Waals surface area contributed by atoms with E-state index in [2.05, 4.69) is 19.2 Å². The van der Waals surface area contributed by atoms with E-state index in [1.165, 1.54) is 0 Å². The lowest BCUT2D eigenvalue weighted by Crippen LogP contribution is -2.61. The second kappa shape index (κ2) is 8.88. The number of aliphatic hydroxyl groups excluding tert-OH is 3. The average molecular weight is 383 g/mol. The van der Waals surface area contributed by atoms with Gasteiger partial charge in [-0.1, -0.05) is 13.8 Å². The molecule has 0 bridgehead atoms. The molecule has 1 heterocycles. The molecule has 0 saturated carbocycles. The first-order valence-electron chi connectivity index (χ1n) is 9.08. The van der Waals surface area contributed by atoms with Gasteiger partial charge in [0.2, 0.25) is 6.29 Å². The Bertz CT molecular complexity index is 621. The second-order valence-corrected chi connectivity index (χ2v) is 7.62. The molecule has 0 aromatic heterocycles. The van der Waals surface area contributed by atoms with Gasteiger partial charge < -0.3 is 35.2 Å². The number of aliphatic hydroxyl groups is 3. The third-order valence-corrected chi connectivity index (χ3v) is 4.13. The minimum atomic E-state index is -1.75. The SMILES string of the molecule is CC(C)Cc1cc(NC(C)C)cc(O[C@@H]2O[C@H](C(=O)O)[C@@H](O)[C@H](O)[C@H]2O)c1. The van der Waals surface area contributed by atoms with Crippen molar-refractivity contribution in [3.05, 3.63) is 23.8 Å². The molecule has 1 fully saturated rings. The molecule has 1 aromatic carbocycles. The van der Waals surface area contributed by atoms with Crippen molar-refractivity contribution in [2.75, 3.05) is 5.32 Å². The van der Waals surface area contributed by atoms with Crippen molar-refractivity contribution in [2.24, 2.45) is 5.92 Å². The number of ether oxygens (including phenoxy) is 2. The van der Waals surface area contributed by atoms with Crippen molar-refractivity contribution in [3.63, 3.8) is 0 Å². The molecular formula is C19H29NO7. The van der Waals surface area contributed by atoms with Gasteiger partial charge in [0.05, 0.1) is 0 Å². The molecule has 1 saturated heterocycles. The van der Waals surface area contributed by atoms with Crippen LogP contribution in [0.1, 0.15) is 33.3 Å². The number of aliphatic carboxylic acids is 1. The summed E-state index contributed by atoms with van der Waals surface area (Å²) in [5.41, 5.74) is 1.82. The molecule has 0 spiro atoms. The van der Waals surface area contributed by atoms with Crippen molar-refractivity contribution in [3.8, 4) is 5.75 Å². The van der Waals surface area contributed by atoms with Crippen LogP contribution in [-0.4, -0.2) is 63.1 Å². The lowest BCUT2D eigenvalue weighted by atomic mass is 9.99. The van der Waals surface area contributed by atoms with Crippen molar-refractivity contribution in [2.45, 2.75) is 70.9 Å². The van der Waals surface area contributed by atoms with E-state index in [-0.39, 0.29) is 6.04 Å². The van der Waals surface area contributed by atoms with Gasteiger partial charge in [0.25, 0.3) is 0 Å². The van der Waals surface area contributed by atoms with Crippen LogP contribution in [0.25, 0.3) is 0 Å². The number of hydrogen-bond donors (Lipinski definition) is 5. The number of benzene rings is 1. The van der Waals surface area contributed by atoms with Crippen LogP contribution in [0, 0.1) is 5.92 Å². The minimum absolute atomic E-state index is 0.192. The standard InChI is InChI=1S/C19H29NO7/c1-9(2)5-11-6-12(20-10(3)4)8-13(7-11)26-19-16(23)14(21)15(22)17(27-19)18(24)25/h6-10,14-17,19-23H,5H2,1-4H3,(H,24,25)/t14-,15-,16+,17-,19+/m0/s1. The fraction of sp³-hybridized carbons (Fsp3) is 0.632. The summed E-state index contributed by atoms with van der Waals surface area (Å²) < 4.78 is 10.9. The Morgan fingerprint density at radius 1 is 1.11 bits per heavy atom. The first-order valence-corrected chi connectivity index (χ1v) is 9.08. The smallest absolute Gasteiger partial charge is 0.335 e. The predicted octanol–water partition coefficient (Wildman–Crippen LogP) is 0.976. The molecule has 8 heteroatoms. The molecule has 27 heavy (non-hydrogen) atoms. The number of anilines is 1. The zero-order valence-electron chi connectivity index (χ0n) is 16.0. The number of carboxylic acids is 1. The highest BCUT2D eigenvalue weighted by atomic mass is 16.7. The van der Waals surface area contributed by atoms with Crippen LogP contribution >= 0.6 is 0 Å². The average Bonchev–Trinajstić information content (AvgIpc) is 2.53. The van der Waals surface area contributed by atoms with Gasteiger partial charge in [-0.25, -0.2) is 4.79 Å². The van der Waals surface area contributed by atoms with Gasteiger partial charge in [-0.05, 0) is 43.9 Å². The summed E-state index contributed by atoms with van der Waals surface area (Å²) in [5.74, 6) is -0.664. The molecule has 0 unspecified atom stereocenters. The molecule has 0 radical (unpaired) electrons. The summed E-state index contributed by atoms with van der Waals surface area (Å²) in [6.45, 7) is 8.18. The van der Waals surface area contributed by atoms with E-state index in [1.807, 2.05) is 19.9 Å². The Balaban J connectivity index is 2.26. The summed E-state index contributed by atoms with van der Waals surface area (Å²) in [7, 11) is 0. The quantitative estimate of drug-likeness (QED) is 0.471. The van der Waals surface area contributed by atoms with Crippen molar-refractivity contribution >= 4 is 11.7 Å². The lowest BCUT2D eigenvalue weighted by Gasteiger charge is -2.38. The van der Waals surface area contributed by atoms with Crippen LogP contribution in [0.5, 0.6) is 5.75 Å². The van der Waals surface area contributed by atoms with Crippen molar-refractivity contribution < 1.29 is 34.7 Å². The van der Waals surface area contributed by atoms with Crippen molar-refractivity contribution in [1.82, 2.24) is 0 Å². The van der Waals surface area contributed by atoms with E-state index in [0.717, 1.165) is 17.7 Å². The Kier molecular flexibility index (Phi) is 7.05. The minimum Gasteiger partial charge on any atom is -0.479 e. The van der Waals surface area contributed by atoms with Crippen molar-refractivity contribution in [1.29, 1.82) is 0 Å². The number of carbonyl (C=O) groups is 1. The number of nitrogens with one attached hydrogen (secondary N) is 1. The molecule has 1 aliphatic heterocycles. The van der Waals surface area contributed by atoms with Crippen LogP contribution in [0.4, 0.5) is 5.69 Å². The van der Waals surface area contributed by atoms with E-state index in [4.69, 9.17) is 14.6 Å². The van der Waals surface area contributed by atoms with Crippen LogP contribution in [0.15, 0.2) is 18.2 Å². The van der Waals surface area contributed by atoms with E-state index in [0.29, 0.717) is 11.7 Å². The molecule has 0 amide bonds. The van der Waals surface area contributed by atoms with Gasteiger partial charge in [-0.2, -0.15) is 0 Å². The van der Waals surface area contributed by atoms with Crippen LogP contribution in [0.3, 0.4) is 0 Å². The molecule has 152 valence electrons. The van der Waals surface area contributed by atoms with E-state index in [9.17, 15) is 20.1 Å². The maximum Gasteiger partial charge on any atom is 0.335 e. The molecule has 5 N–H and O–H groups in total. The Hall–Kier alpha value is -1.87. The first kappa shape index (κ1) is 21.4. The maximum atomic E-state index is 11.2. The predicted molar refractivity (Wildman–Crippen MR) is 98.7 cm³/mol. The summed E-state index contributed by atoms with van der Waals surface area (Å²) in [6, 6.07) is 5.70. The molecule has 1 aromatic rings. The van der Waals surface area contributed by atoms with Gasteiger partial charge in [0.1, 0.15) is 24.1 Å². The highest BCUT2D eigenvalue weighted by Crippen LogP contribution is 2.28. The molecule has 8 nitrogen and oxygen atoms in total. The van der Waals surface area contributed by atoms with Crippen LogP contribution in [0.2, 0.25) is 0 Å². The summed E-state index contributed by atoms with van der Waals surface area (Å²) >= 11 is 0. The molecule has 2 rings (SSSR count). The van der Waals surface area contributed by atoms with Crippen LogP contribution in [-0.2, 0) is 16.0 Å². The Labute approximate surface area is 158 Å². The summed E-state index contributed by atoms with van der Waals surface area (Å²) in [4.78, 5) is 11.2. The van der Waals surface area contributed by atoms with Gasteiger partial charge in [0, 0.05) is 17.8 Å². The summed E-state index contributed by atoms with van der Waals surface area (Å²) in [6.07, 6.45) is -7.35. The van der Waals surface area contributed by atoms with Crippen LogP contribution < -0.4 is 10.1 Å². The highest BCUT2D eigenvalue weighted by Gasteiger charge is 2.48. The maximum absolute atomic E-state index is 11.2. The first-order chi connectivity index (χ1) is 12.6. The second-order valence-electron chi connectivity index (χ2n) is 7.62. The zero-order chi connectivity index (χ0) is 20.3. The van der Waals surface area contributed by atoms with E-state index in [1.54, 1.807) is 12.1 Å². The lowest BCUT2D eigenvalue weighted by molar-refractivity contribution is -0.271. The van der Waals surface area contributed by atoms with Gasteiger partial charge in [0.15, 0.2) is 6.10 Å². The van der Waals surface area contributed by atoms with Gasteiger partial charge >= 0.3 is 5.97 Å². The third kappa shape index (κ3) is 5.55.